The molecule has 0 amide bonds. The molecular formula is C8H18BrNO3S. The first-order valence-corrected chi connectivity index (χ1v) is 7.32. The molecule has 1 atom stereocenters. The summed E-state index contributed by atoms with van der Waals surface area (Å²) in [6.07, 6.45) is 0.0683. The van der Waals surface area contributed by atoms with Crippen LogP contribution in [0.3, 0.4) is 0 Å². The molecule has 1 unspecified atom stereocenters. The van der Waals surface area contributed by atoms with Crippen LogP contribution in [0.1, 0.15) is 20.8 Å². The van der Waals surface area contributed by atoms with Gasteiger partial charge >= 0.3 is 0 Å². The van der Waals surface area contributed by atoms with Gasteiger partial charge in [-0.1, -0.05) is 15.9 Å². The molecule has 0 fully saturated rings. The maximum absolute atomic E-state index is 11.4. The van der Waals surface area contributed by atoms with Crippen molar-refractivity contribution in [2.24, 2.45) is 0 Å². The number of halogens is 1. The van der Waals surface area contributed by atoms with Crippen LogP contribution < -0.4 is 4.72 Å². The average molecular weight is 288 g/mol. The smallest absolute Gasteiger partial charge is 0.214 e. The summed E-state index contributed by atoms with van der Waals surface area (Å²) >= 11 is 3.20. The summed E-state index contributed by atoms with van der Waals surface area (Å²) in [5.41, 5.74) is 0. The van der Waals surface area contributed by atoms with Crippen LogP contribution in [0.5, 0.6) is 0 Å². The molecule has 0 saturated heterocycles. The van der Waals surface area contributed by atoms with E-state index in [1.165, 1.54) is 0 Å². The molecule has 0 radical (unpaired) electrons. The number of sulfonamides is 1. The largest absolute Gasteiger partial charge is 0.378 e. The Labute approximate surface area is 94.6 Å². The van der Waals surface area contributed by atoms with E-state index in [-0.39, 0.29) is 24.5 Å². The van der Waals surface area contributed by atoms with Gasteiger partial charge in [-0.25, -0.2) is 13.1 Å². The molecule has 6 heteroatoms. The highest BCUT2D eigenvalue weighted by Gasteiger charge is 2.13. The third kappa shape index (κ3) is 7.73. The van der Waals surface area contributed by atoms with E-state index >= 15 is 0 Å². The quantitative estimate of drug-likeness (QED) is 0.714. The van der Waals surface area contributed by atoms with Crippen molar-refractivity contribution in [2.45, 2.75) is 32.9 Å². The zero-order chi connectivity index (χ0) is 11.2. The second-order valence-corrected chi connectivity index (χ2v) is 5.93. The number of ether oxygens (including phenoxy) is 1. The average Bonchev–Trinajstić information content (AvgIpc) is 2.02. The zero-order valence-electron chi connectivity index (χ0n) is 8.79. The van der Waals surface area contributed by atoms with E-state index < -0.39 is 10.0 Å². The van der Waals surface area contributed by atoms with E-state index in [2.05, 4.69) is 20.7 Å². The molecule has 0 aromatic heterocycles. The second-order valence-electron chi connectivity index (χ2n) is 3.41. The molecule has 0 aliphatic heterocycles. The van der Waals surface area contributed by atoms with Gasteiger partial charge in [-0.15, -0.1) is 0 Å². The van der Waals surface area contributed by atoms with Gasteiger partial charge in [0, 0.05) is 11.4 Å². The minimum atomic E-state index is -3.19. The Hall–Kier alpha value is 0.350. The Morgan fingerprint density at radius 2 is 1.93 bits per heavy atom. The van der Waals surface area contributed by atoms with Crippen LogP contribution in [-0.4, -0.2) is 38.3 Å². The van der Waals surface area contributed by atoms with Gasteiger partial charge in [0.15, 0.2) is 0 Å². The van der Waals surface area contributed by atoms with Crippen molar-refractivity contribution >= 4 is 26.0 Å². The van der Waals surface area contributed by atoms with Gasteiger partial charge in [-0.2, -0.15) is 0 Å². The molecule has 0 bridgehead atoms. The van der Waals surface area contributed by atoms with Crippen LogP contribution in [0.25, 0.3) is 0 Å². The summed E-state index contributed by atoms with van der Waals surface area (Å²) in [6, 6.07) is -0.0842. The van der Waals surface area contributed by atoms with Crippen LogP contribution in [0.4, 0.5) is 0 Å². The summed E-state index contributed by atoms with van der Waals surface area (Å²) in [5, 5.41) is 0.608. The Kier molecular flexibility index (Phi) is 6.93. The van der Waals surface area contributed by atoms with Crippen molar-refractivity contribution in [3.63, 3.8) is 0 Å². The minimum absolute atomic E-state index is 0.0164. The second kappa shape index (κ2) is 6.76. The standard InChI is InChI=1S/C8H18BrNO3S/c1-7(2)13-4-5-14(11,12)10-8(3)6-9/h7-8,10H,4-6H2,1-3H3. The van der Waals surface area contributed by atoms with Gasteiger partial charge in [0.05, 0.1) is 18.5 Å². The number of alkyl halides is 1. The predicted octanol–water partition coefficient (Wildman–Crippen LogP) is 1.11. The van der Waals surface area contributed by atoms with E-state index in [4.69, 9.17) is 4.74 Å². The first kappa shape index (κ1) is 14.3. The molecule has 4 nitrogen and oxygen atoms in total. The van der Waals surface area contributed by atoms with Crippen LogP contribution in [0.15, 0.2) is 0 Å². The lowest BCUT2D eigenvalue weighted by Crippen LogP contribution is -2.36. The molecule has 0 aromatic carbocycles. The third-order valence-corrected chi connectivity index (χ3v) is 3.85. The van der Waals surface area contributed by atoms with Gasteiger partial charge < -0.3 is 4.74 Å². The van der Waals surface area contributed by atoms with Crippen molar-refractivity contribution in [1.82, 2.24) is 4.72 Å². The van der Waals surface area contributed by atoms with Crippen LogP contribution in [0.2, 0.25) is 0 Å². The Bertz CT molecular complexity index is 241. The first-order valence-electron chi connectivity index (χ1n) is 4.55. The number of rotatable bonds is 7. The lowest BCUT2D eigenvalue weighted by Gasteiger charge is -2.12. The van der Waals surface area contributed by atoms with Crippen molar-refractivity contribution in [1.29, 1.82) is 0 Å². The third-order valence-electron chi connectivity index (χ3n) is 1.42. The summed E-state index contributed by atoms with van der Waals surface area (Å²) < 4.78 is 30.4. The van der Waals surface area contributed by atoms with Gasteiger partial charge in [-0.3, -0.25) is 0 Å². The highest BCUT2D eigenvalue weighted by molar-refractivity contribution is 9.09. The fourth-order valence-electron chi connectivity index (χ4n) is 0.790. The molecular weight excluding hydrogens is 270 g/mol. The highest BCUT2D eigenvalue weighted by Crippen LogP contribution is 1.95. The van der Waals surface area contributed by atoms with Crippen molar-refractivity contribution < 1.29 is 13.2 Å². The highest BCUT2D eigenvalue weighted by atomic mass is 79.9. The molecule has 0 heterocycles. The Morgan fingerprint density at radius 1 is 1.36 bits per heavy atom. The van der Waals surface area contributed by atoms with E-state index in [0.717, 1.165) is 0 Å². The predicted molar refractivity (Wildman–Crippen MR) is 61.3 cm³/mol. The maximum Gasteiger partial charge on any atom is 0.214 e. The Morgan fingerprint density at radius 3 is 2.36 bits per heavy atom. The normalized spacial score (nSPS) is 14.6. The topological polar surface area (TPSA) is 55.4 Å². The molecule has 0 rings (SSSR count). The summed E-state index contributed by atoms with van der Waals surface area (Å²) in [6.45, 7) is 5.79. The van der Waals surface area contributed by atoms with Crippen molar-refractivity contribution in [3.05, 3.63) is 0 Å². The van der Waals surface area contributed by atoms with Crippen molar-refractivity contribution in [3.8, 4) is 0 Å². The SMILES string of the molecule is CC(CBr)NS(=O)(=O)CCOC(C)C. The van der Waals surface area contributed by atoms with Crippen molar-refractivity contribution in [2.75, 3.05) is 17.7 Å². The molecule has 0 aromatic rings. The minimum Gasteiger partial charge on any atom is -0.378 e. The van der Waals surface area contributed by atoms with E-state index in [9.17, 15) is 8.42 Å². The van der Waals surface area contributed by atoms with E-state index in [1.807, 2.05) is 13.8 Å². The van der Waals surface area contributed by atoms with Crippen LogP contribution >= 0.6 is 15.9 Å². The lowest BCUT2D eigenvalue weighted by atomic mass is 10.4. The molecule has 86 valence electrons. The Balaban J connectivity index is 3.84. The number of hydrogen-bond donors (Lipinski definition) is 1. The number of hydrogen-bond acceptors (Lipinski definition) is 3. The first-order chi connectivity index (χ1) is 6.37. The molecule has 0 spiro atoms. The fourth-order valence-corrected chi connectivity index (χ4v) is 2.30. The van der Waals surface area contributed by atoms with E-state index in [0.29, 0.717) is 5.33 Å². The molecule has 1 N–H and O–H groups in total. The zero-order valence-corrected chi connectivity index (χ0v) is 11.2. The monoisotopic (exact) mass is 287 g/mol. The number of nitrogens with one attached hydrogen (secondary N) is 1. The van der Waals surface area contributed by atoms with Gasteiger partial charge in [0.2, 0.25) is 10.0 Å². The molecule has 0 aliphatic rings. The van der Waals surface area contributed by atoms with Gasteiger partial charge in [-0.05, 0) is 20.8 Å². The summed E-state index contributed by atoms with van der Waals surface area (Å²) in [7, 11) is -3.19. The molecule has 14 heavy (non-hydrogen) atoms. The summed E-state index contributed by atoms with van der Waals surface area (Å²) in [4.78, 5) is 0. The van der Waals surface area contributed by atoms with Gasteiger partial charge in [0.1, 0.15) is 0 Å². The molecule has 0 aliphatic carbocycles. The summed E-state index contributed by atoms with van der Waals surface area (Å²) in [5.74, 6) is 0.0164. The van der Waals surface area contributed by atoms with Crippen LogP contribution in [-0.2, 0) is 14.8 Å². The van der Waals surface area contributed by atoms with Crippen LogP contribution in [0, 0.1) is 0 Å². The van der Waals surface area contributed by atoms with Gasteiger partial charge in [0.25, 0.3) is 0 Å². The molecule has 0 saturated carbocycles. The lowest BCUT2D eigenvalue weighted by molar-refractivity contribution is 0.0911. The fraction of sp³-hybridized carbons (Fsp3) is 1.00. The van der Waals surface area contributed by atoms with E-state index in [1.54, 1.807) is 6.92 Å². The maximum atomic E-state index is 11.4.